The van der Waals surface area contributed by atoms with Gasteiger partial charge in [0.25, 0.3) is 0 Å². The SMILES string of the molecule is Clc1cn2cc(I)ccc2n1. The molecule has 0 saturated carbocycles. The molecule has 2 aromatic rings. The maximum atomic E-state index is 5.70. The second kappa shape index (κ2) is 2.64. The van der Waals surface area contributed by atoms with E-state index in [4.69, 9.17) is 11.6 Å². The lowest BCUT2D eigenvalue weighted by atomic mass is 10.5. The maximum absolute atomic E-state index is 5.70. The highest BCUT2D eigenvalue weighted by molar-refractivity contribution is 14.1. The van der Waals surface area contributed by atoms with E-state index in [2.05, 4.69) is 27.6 Å². The molecule has 0 bridgehead atoms. The highest BCUT2D eigenvalue weighted by atomic mass is 127. The van der Waals surface area contributed by atoms with Gasteiger partial charge in [-0.15, -0.1) is 0 Å². The molecule has 0 radical (unpaired) electrons. The Balaban J connectivity index is 2.82. The van der Waals surface area contributed by atoms with Crippen LogP contribution in [0.3, 0.4) is 0 Å². The van der Waals surface area contributed by atoms with Crippen molar-refractivity contribution in [3.63, 3.8) is 0 Å². The van der Waals surface area contributed by atoms with Crippen LogP contribution in [0.1, 0.15) is 0 Å². The van der Waals surface area contributed by atoms with Gasteiger partial charge in [0.2, 0.25) is 0 Å². The molecule has 0 aliphatic rings. The fourth-order valence-corrected chi connectivity index (χ4v) is 1.61. The quantitative estimate of drug-likeness (QED) is 0.677. The van der Waals surface area contributed by atoms with Gasteiger partial charge in [-0.1, -0.05) is 11.6 Å². The minimum atomic E-state index is 0.534. The van der Waals surface area contributed by atoms with Crippen LogP contribution in [0.4, 0.5) is 0 Å². The van der Waals surface area contributed by atoms with Crippen molar-refractivity contribution >= 4 is 39.8 Å². The average Bonchev–Trinajstić information content (AvgIpc) is 2.27. The van der Waals surface area contributed by atoms with Crippen molar-refractivity contribution in [3.8, 4) is 0 Å². The van der Waals surface area contributed by atoms with Crippen molar-refractivity contribution in [2.24, 2.45) is 0 Å². The van der Waals surface area contributed by atoms with E-state index in [0.29, 0.717) is 5.15 Å². The molecule has 4 heteroatoms. The second-order valence-corrected chi connectivity index (χ2v) is 3.81. The van der Waals surface area contributed by atoms with E-state index in [1.54, 1.807) is 6.20 Å². The number of rotatable bonds is 0. The van der Waals surface area contributed by atoms with Gasteiger partial charge in [0, 0.05) is 16.0 Å². The summed E-state index contributed by atoms with van der Waals surface area (Å²) in [5.74, 6) is 0. The van der Waals surface area contributed by atoms with E-state index in [1.165, 1.54) is 3.57 Å². The molecule has 0 spiro atoms. The third-order valence-corrected chi connectivity index (χ3v) is 2.21. The van der Waals surface area contributed by atoms with Gasteiger partial charge in [-0.3, -0.25) is 0 Å². The number of hydrogen-bond donors (Lipinski definition) is 0. The molecule has 2 heterocycles. The topological polar surface area (TPSA) is 17.3 Å². The van der Waals surface area contributed by atoms with Crippen molar-refractivity contribution in [1.82, 2.24) is 9.38 Å². The molecule has 0 saturated heterocycles. The predicted molar refractivity (Wildman–Crippen MR) is 52.9 cm³/mol. The Morgan fingerprint density at radius 3 is 3.00 bits per heavy atom. The third kappa shape index (κ3) is 1.35. The largest absolute Gasteiger partial charge is 0.304 e. The minimum absolute atomic E-state index is 0.534. The van der Waals surface area contributed by atoms with Crippen LogP contribution in [0, 0.1) is 3.57 Å². The molecule has 0 aliphatic carbocycles. The number of halogens is 2. The Morgan fingerprint density at radius 1 is 1.36 bits per heavy atom. The molecule has 0 N–H and O–H groups in total. The lowest BCUT2D eigenvalue weighted by Gasteiger charge is -1.91. The van der Waals surface area contributed by atoms with Crippen molar-refractivity contribution in [1.29, 1.82) is 0 Å². The van der Waals surface area contributed by atoms with E-state index in [-0.39, 0.29) is 0 Å². The first kappa shape index (κ1) is 7.36. The van der Waals surface area contributed by atoms with Crippen molar-refractivity contribution in [3.05, 3.63) is 33.2 Å². The van der Waals surface area contributed by atoms with Crippen LogP contribution >= 0.6 is 34.2 Å². The number of imidazole rings is 1. The minimum Gasteiger partial charge on any atom is -0.304 e. The first-order valence-corrected chi connectivity index (χ1v) is 4.51. The second-order valence-electron chi connectivity index (χ2n) is 2.18. The molecule has 0 aromatic carbocycles. The highest BCUT2D eigenvalue weighted by Crippen LogP contribution is 2.11. The van der Waals surface area contributed by atoms with E-state index >= 15 is 0 Å². The summed E-state index contributed by atoms with van der Waals surface area (Å²) in [4.78, 5) is 4.08. The fraction of sp³-hybridized carbons (Fsp3) is 0. The molecule has 2 nitrogen and oxygen atoms in total. The highest BCUT2D eigenvalue weighted by Gasteiger charge is 1.97. The number of pyridine rings is 1. The summed E-state index contributed by atoms with van der Waals surface area (Å²) >= 11 is 7.95. The predicted octanol–water partition coefficient (Wildman–Crippen LogP) is 2.59. The van der Waals surface area contributed by atoms with Crippen LogP contribution in [0.5, 0.6) is 0 Å². The lowest BCUT2D eigenvalue weighted by molar-refractivity contribution is 1.17. The third-order valence-electron chi connectivity index (χ3n) is 1.39. The first-order chi connectivity index (χ1) is 5.25. The Labute approximate surface area is 82.3 Å². The number of fused-ring (bicyclic) bond motifs is 1. The number of hydrogen-bond acceptors (Lipinski definition) is 1. The molecule has 0 amide bonds. The summed E-state index contributed by atoms with van der Waals surface area (Å²) in [6, 6.07) is 3.94. The van der Waals surface area contributed by atoms with Crippen molar-refractivity contribution in [2.75, 3.05) is 0 Å². The van der Waals surface area contributed by atoms with Gasteiger partial charge >= 0.3 is 0 Å². The average molecular weight is 278 g/mol. The molecule has 0 unspecified atom stereocenters. The van der Waals surface area contributed by atoms with Crippen LogP contribution < -0.4 is 0 Å². The Morgan fingerprint density at radius 2 is 2.18 bits per heavy atom. The van der Waals surface area contributed by atoms with Gasteiger partial charge in [0.1, 0.15) is 10.8 Å². The Kier molecular flexibility index (Phi) is 1.77. The summed E-state index contributed by atoms with van der Waals surface area (Å²) in [5.41, 5.74) is 0.885. The van der Waals surface area contributed by atoms with Crippen LogP contribution in [0.25, 0.3) is 5.65 Å². The molecular weight excluding hydrogens is 274 g/mol. The van der Waals surface area contributed by atoms with E-state index < -0.39 is 0 Å². The first-order valence-electron chi connectivity index (χ1n) is 3.05. The number of aromatic nitrogens is 2. The smallest absolute Gasteiger partial charge is 0.148 e. The van der Waals surface area contributed by atoms with Gasteiger partial charge in [-0.2, -0.15) is 0 Å². The van der Waals surface area contributed by atoms with Crippen molar-refractivity contribution in [2.45, 2.75) is 0 Å². The van der Waals surface area contributed by atoms with Crippen LogP contribution in [-0.4, -0.2) is 9.38 Å². The summed E-state index contributed by atoms with van der Waals surface area (Å²) in [7, 11) is 0. The Hall–Kier alpha value is -0.290. The molecule has 2 aromatic heterocycles. The molecule has 0 fully saturated rings. The molecule has 11 heavy (non-hydrogen) atoms. The Bertz CT molecular complexity index is 396. The normalized spacial score (nSPS) is 10.7. The van der Waals surface area contributed by atoms with Gasteiger partial charge in [-0.25, -0.2) is 4.98 Å². The zero-order chi connectivity index (χ0) is 7.84. The van der Waals surface area contributed by atoms with Crippen LogP contribution in [0.2, 0.25) is 5.15 Å². The van der Waals surface area contributed by atoms with E-state index in [1.807, 2.05) is 22.7 Å². The van der Waals surface area contributed by atoms with Gasteiger partial charge in [0.05, 0.1) is 0 Å². The zero-order valence-electron chi connectivity index (χ0n) is 5.46. The monoisotopic (exact) mass is 278 g/mol. The van der Waals surface area contributed by atoms with Crippen molar-refractivity contribution < 1.29 is 0 Å². The summed E-state index contributed by atoms with van der Waals surface area (Å²) in [6.45, 7) is 0. The zero-order valence-corrected chi connectivity index (χ0v) is 8.37. The molecule has 2 rings (SSSR count). The van der Waals surface area contributed by atoms with E-state index in [0.717, 1.165) is 5.65 Å². The standard InChI is InChI=1S/C7H4ClIN2/c8-6-4-11-3-5(9)1-2-7(11)10-6/h1-4H. The summed E-state index contributed by atoms with van der Waals surface area (Å²) in [6.07, 6.45) is 3.77. The van der Waals surface area contributed by atoms with Gasteiger partial charge in [0.15, 0.2) is 0 Å². The summed E-state index contributed by atoms with van der Waals surface area (Å²) < 4.78 is 3.08. The van der Waals surface area contributed by atoms with Gasteiger partial charge < -0.3 is 4.40 Å². The van der Waals surface area contributed by atoms with Gasteiger partial charge in [-0.05, 0) is 34.7 Å². The molecule has 56 valence electrons. The fourth-order valence-electron chi connectivity index (χ4n) is 0.934. The number of nitrogens with zero attached hydrogens (tertiary/aromatic N) is 2. The molecular formula is C7H4ClIN2. The molecule has 0 aliphatic heterocycles. The van der Waals surface area contributed by atoms with Crippen LogP contribution in [-0.2, 0) is 0 Å². The summed E-state index contributed by atoms with van der Waals surface area (Å²) in [5, 5.41) is 0.534. The lowest BCUT2D eigenvalue weighted by Crippen LogP contribution is -1.82. The van der Waals surface area contributed by atoms with E-state index in [9.17, 15) is 0 Å². The maximum Gasteiger partial charge on any atom is 0.148 e. The van der Waals surface area contributed by atoms with Crippen LogP contribution in [0.15, 0.2) is 24.5 Å². The molecule has 0 atom stereocenters.